The minimum Gasteiger partial charge on any atom is -0.381 e. The predicted molar refractivity (Wildman–Crippen MR) is 117 cm³/mol. The summed E-state index contributed by atoms with van der Waals surface area (Å²) < 4.78 is 7.13. The minimum atomic E-state index is -0.152. The molecular formula is C22H19ClN6O2. The second-order valence-electron chi connectivity index (χ2n) is 7.22. The topological polar surface area (TPSA) is 86.0 Å². The van der Waals surface area contributed by atoms with E-state index in [0.29, 0.717) is 40.8 Å². The lowest BCUT2D eigenvalue weighted by Crippen LogP contribution is -2.44. The van der Waals surface area contributed by atoms with E-state index in [1.807, 2.05) is 24.3 Å². The molecule has 0 atom stereocenters. The highest BCUT2D eigenvalue weighted by molar-refractivity contribution is 6.33. The number of nitrogens with zero attached hydrogens (tertiary/aromatic N) is 6. The van der Waals surface area contributed by atoms with E-state index >= 15 is 0 Å². The van der Waals surface area contributed by atoms with Crippen LogP contribution in [0.15, 0.2) is 60.9 Å². The van der Waals surface area contributed by atoms with Crippen LogP contribution in [0.25, 0.3) is 16.9 Å². The first kappa shape index (κ1) is 19.6. The molecule has 0 spiro atoms. The fourth-order valence-corrected chi connectivity index (χ4v) is 3.97. The van der Waals surface area contributed by atoms with Crippen LogP contribution in [0.1, 0.15) is 23.2 Å². The summed E-state index contributed by atoms with van der Waals surface area (Å²) in [6.07, 6.45) is 4.80. The molecule has 0 N–H and O–H groups in total. The normalized spacial score (nSPS) is 14.6. The van der Waals surface area contributed by atoms with E-state index in [2.05, 4.69) is 20.3 Å². The highest BCUT2D eigenvalue weighted by Gasteiger charge is 2.30. The minimum absolute atomic E-state index is 0.0308. The van der Waals surface area contributed by atoms with Crippen molar-refractivity contribution in [2.45, 2.75) is 18.9 Å². The number of pyridine rings is 2. The fraction of sp³-hybridized carbons (Fsp3) is 0.227. The van der Waals surface area contributed by atoms with Gasteiger partial charge in [-0.05, 0) is 61.4 Å². The zero-order chi connectivity index (χ0) is 21.2. The molecule has 1 aromatic carbocycles. The number of rotatable bonds is 4. The third kappa shape index (κ3) is 3.75. The van der Waals surface area contributed by atoms with Crippen LogP contribution >= 0.6 is 11.6 Å². The summed E-state index contributed by atoms with van der Waals surface area (Å²) in [5.74, 6) is 0.317. The summed E-state index contributed by atoms with van der Waals surface area (Å²) in [7, 11) is 0. The van der Waals surface area contributed by atoms with Gasteiger partial charge in [0.15, 0.2) is 11.5 Å². The maximum Gasteiger partial charge on any atom is 0.259 e. The molecule has 3 aromatic heterocycles. The van der Waals surface area contributed by atoms with E-state index in [4.69, 9.17) is 16.3 Å². The lowest BCUT2D eigenvalue weighted by atomic mass is 10.0. The van der Waals surface area contributed by atoms with Gasteiger partial charge in [0.1, 0.15) is 5.52 Å². The molecule has 1 fully saturated rings. The number of ether oxygens (including phenoxy) is 1. The van der Waals surface area contributed by atoms with Gasteiger partial charge in [-0.2, -0.15) is 4.68 Å². The Hall–Kier alpha value is -3.36. The molecule has 4 heterocycles. The van der Waals surface area contributed by atoms with Crippen molar-refractivity contribution in [2.24, 2.45) is 0 Å². The van der Waals surface area contributed by atoms with Gasteiger partial charge in [-0.1, -0.05) is 16.8 Å². The molecule has 1 aliphatic rings. The Morgan fingerprint density at radius 3 is 2.55 bits per heavy atom. The first-order valence-electron chi connectivity index (χ1n) is 10.0. The van der Waals surface area contributed by atoms with Crippen molar-refractivity contribution in [3.05, 3.63) is 71.5 Å². The van der Waals surface area contributed by atoms with Crippen LogP contribution in [0, 0.1) is 0 Å². The molecule has 4 aromatic rings. The number of benzene rings is 1. The van der Waals surface area contributed by atoms with Crippen LogP contribution < -0.4 is 4.90 Å². The lowest BCUT2D eigenvalue weighted by molar-refractivity contribution is 0.0770. The largest absolute Gasteiger partial charge is 0.381 e. The van der Waals surface area contributed by atoms with Gasteiger partial charge in [0.05, 0.1) is 10.7 Å². The molecule has 8 nitrogen and oxygen atoms in total. The monoisotopic (exact) mass is 434 g/mol. The second-order valence-corrected chi connectivity index (χ2v) is 7.63. The van der Waals surface area contributed by atoms with Gasteiger partial charge in [0.25, 0.3) is 5.91 Å². The summed E-state index contributed by atoms with van der Waals surface area (Å²) in [5.41, 5.74) is 2.67. The first-order valence-corrected chi connectivity index (χ1v) is 10.4. The van der Waals surface area contributed by atoms with E-state index in [9.17, 15) is 4.79 Å². The Labute approximate surface area is 183 Å². The Bertz CT molecular complexity index is 1220. The number of anilines is 1. The number of aromatic nitrogens is 5. The lowest BCUT2D eigenvalue weighted by Gasteiger charge is -2.34. The van der Waals surface area contributed by atoms with Crippen molar-refractivity contribution in [3.63, 3.8) is 0 Å². The summed E-state index contributed by atoms with van der Waals surface area (Å²) in [4.78, 5) is 24.0. The molecular weight excluding hydrogens is 416 g/mol. The van der Waals surface area contributed by atoms with E-state index < -0.39 is 0 Å². The molecule has 156 valence electrons. The van der Waals surface area contributed by atoms with Crippen molar-refractivity contribution >= 4 is 34.5 Å². The van der Waals surface area contributed by atoms with Crippen molar-refractivity contribution < 1.29 is 9.53 Å². The predicted octanol–water partition coefficient (Wildman–Crippen LogP) is 3.69. The van der Waals surface area contributed by atoms with E-state index in [1.165, 1.54) is 0 Å². The van der Waals surface area contributed by atoms with Gasteiger partial charge < -0.3 is 4.74 Å². The van der Waals surface area contributed by atoms with Crippen molar-refractivity contribution in [3.8, 4) is 5.69 Å². The van der Waals surface area contributed by atoms with Crippen LogP contribution in [0.4, 0.5) is 5.82 Å². The third-order valence-corrected chi connectivity index (χ3v) is 5.60. The van der Waals surface area contributed by atoms with Gasteiger partial charge in [0, 0.05) is 37.2 Å². The average Bonchev–Trinajstić information content (AvgIpc) is 3.25. The van der Waals surface area contributed by atoms with Crippen molar-refractivity contribution in [1.82, 2.24) is 25.0 Å². The molecule has 31 heavy (non-hydrogen) atoms. The van der Waals surface area contributed by atoms with Gasteiger partial charge in [-0.15, -0.1) is 5.10 Å². The highest BCUT2D eigenvalue weighted by Crippen LogP contribution is 2.29. The summed E-state index contributed by atoms with van der Waals surface area (Å²) in [6.45, 7) is 1.20. The number of fused-ring (bicyclic) bond motifs is 1. The molecule has 1 amide bonds. The number of carbonyl (C=O) groups is 1. The molecule has 1 aliphatic heterocycles. The molecule has 5 rings (SSSR count). The quantitative estimate of drug-likeness (QED) is 0.487. The Kier molecular flexibility index (Phi) is 5.31. The zero-order valence-electron chi connectivity index (χ0n) is 16.6. The smallest absolute Gasteiger partial charge is 0.259 e. The Morgan fingerprint density at radius 1 is 1.03 bits per heavy atom. The van der Waals surface area contributed by atoms with Gasteiger partial charge in [0.2, 0.25) is 0 Å². The SMILES string of the molecule is O=C(c1ccc(-n2nnc3cccnc32)cc1)N(c1ncccc1Cl)C1CCOCC1. The molecule has 0 aliphatic carbocycles. The van der Waals surface area contributed by atoms with Crippen LogP contribution in [0.3, 0.4) is 0 Å². The number of carbonyl (C=O) groups excluding carboxylic acids is 1. The Morgan fingerprint density at radius 2 is 1.77 bits per heavy atom. The van der Waals surface area contributed by atoms with Gasteiger partial charge in [-0.3, -0.25) is 9.69 Å². The number of amides is 1. The number of hydrogen-bond donors (Lipinski definition) is 0. The third-order valence-electron chi connectivity index (χ3n) is 5.31. The fourth-order valence-electron chi connectivity index (χ4n) is 3.76. The molecule has 0 saturated carbocycles. The maximum absolute atomic E-state index is 13.5. The maximum atomic E-state index is 13.5. The van der Waals surface area contributed by atoms with Crippen LogP contribution in [0.2, 0.25) is 5.02 Å². The van der Waals surface area contributed by atoms with Gasteiger partial charge in [-0.25, -0.2) is 9.97 Å². The standard InChI is InChI=1S/C22H19ClN6O2/c23-18-3-1-11-24-20(18)28(16-9-13-31-14-10-16)22(30)15-5-7-17(8-6-15)29-21-19(26-27-29)4-2-12-25-21/h1-8,11-12,16H,9-10,13-14H2. The van der Waals surface area contributed by atoms with Crippen molar-refractivity contribution in [2.75, 3.05) is 18.1 Å². The van der Waals surface area contributed by atoms with Crippen LogP contribution in [-0.2, 0) is 4.74 Å². The zero-order valence-corrected chi connectivity index (χ0v) is 17.3. The van der Waals surface area contributed by atoms with Crippen LogP contribution in [-0.4, -0.2) is 50.1 Å². The number of halogens is 1. The van der Waals surface area contributed by atoms with E-state index in [0.717, 1.165) is 18.5 Å². The summed E-state index contributed by atoms with van der Waals surface area (Å²) in [5, 5.41) is 8.75. The number of hydrogen-bond acceptors (Lipinski definition) is 6. The first-order chi connectivity index (χ1) is 15.2. The molecule has 0 unspecified atom stereocenters. The van der Waals surface area contributed by atoms with Gasteiger partial charge >= 0.3 is 0 Å². The molecule has 0 bridgehead atoms. The average molecular weight is 435 g/mol. The molecule has 1 saturated heterocycles. The van der Waals surface area contributed by atoms with E-state index in [1.54, 1.807) is 46.2 Å². The molecule has 9 heteroatoms. The second kappa shape index (κ2) is 8.41. The van der Waals surface area contributed by atoms with E-state index in [-0.39, 0.29) is 11.9 Å². The van der Waals surface area contributed by atoms with Crippen molar-refractivity contribution in [1.29, 1.82) is 0 Å². The highest BCUT2D eigenvalue weighted by atomic mass is 35.5. The molecule has 0 radical (unpaired) electrons. The summed E-state index contributed by atoms with van der Waals surface area (Å²) in [6, 6.07) is 14.4. The Balaban J connectivity index is 1.48. The summed E-state index contributed by atoms with van der Waals surface area (Å²) >= 11 is 6.40. The van der Waals surface area contributed by atoms with Crippen LogP contribution in [0.5, 0.6) is 0 Å².